The molecule has 0 aliphatic rings. The van der Waals surface area contributed by atoms with Crippen molar-refractivity contribution in [2.75, 3.05) is 7.11 Å². The number of nitrogens with zero attached hydrogens (tertiary/aromatic N) is 3. The van der Waals surface area contributed by atoms with Crippen molar-refractivity contribution >= 4 is 22.5 Å². The minimum absolute atomic E-state index is 0.414. The van der Waals surface area contributed by atoms with Gasteiger partial charge in [0, 0.05) is 13.1 Å². The van der Waals surface area contributed by atoms with E-state index in [2.05, 4.69) is 10.1 Å². The second kappa shape index (κ2) is 3.13. The summed E-state index contributed by atoms with van der Waals surface area (Å²) in [5.41, 5.74) is 1.82. The summed E-state index contributed by atoms with van der Waals surface area (Å²) in [5.74, 6) is 0.526. The minimum Gasteiger partial charge on any atom is -0.480 e. The van der Waals surface area contributed by atoms with Gasteiger partial charge in [-0.2, -0.15) is 5.10 Å². The van der Waals surface area contributed by atoms with E-state index in [-0.39, 0.29) is 0 Å². The summed E-state index contributed by atoms with van der Waals surface area (Å²) in [4.78, 5) is 4.08. The average Bonchev–Trinajstić information content (AvgIpc) is 2.41. The molecule has 4 nitrogen and oxygen atoms in total. The van der Waals surface area contributed by atoms with Crippen LogP contribution in [-0.4, -0.2) is 21.9 Å². The molecule has 0 aliphatic heterocycles. The van der Waals surface area contributed by atoms with Crippen molar-refractivity contribution in [3.05, 3.63) is 16.9 Å². The highest BCUT2D eigenvalue weighted by atomic mass is 35.5. The van der Waals surface area contributed by atoms with Crippen molar-refractivity contribution < 1.29 is 4.74 Å². The molecule has 2 heterocycles. The lowest BCUT2D eigenvalue weighted by molar-refractivity contribution is 0.403. The zero-order valence-corrected chi connectivity index (χ0v) is 8.96. The molecule has 0 saturated carbocycles. The monoisotopic (exact) mass is 211 g/mol. The number of ether oxygens (including phenoxy) is 1. The molecule has 0 atom stereocenters. The highest BCUT2D eigenvalue weighted by Crippen LogP contribution is 2.28. The van der Waals surface area contributed by atoms with E-state index >= 15 is 0 Å². The minimum atomic E-state index is 0.414. The predicted molar refractivity (Wildman–Crippen MR) is 54.8 cm³/mol. The van der Waals surface area contributed by atoms with Gasteiger partial charge in [0.25, 0.3) is 0 Å². The molecule has 0 aromatic carbocycles. The molecule has 0 radical (unpaired) electrons. The van der Waals surface area contributed by atoms with Crippen molar-refractivity contribution in [1.29, 1.82) is 0 Å². The first-order chi connectivity index (χ1) is 6.63. The Labute approximate surface area is 86.5 Å². The molecular formula is C9H10ClN3O. The third kappa shape index (κ3) is 1.23. The summed E-state index contributed by atoms with van der Waals surface area (Å²) in [7, 11) is 3.44. The molecule has 0 unspecified atom stereocenters. The molecule has 5 heteroatoms. The van der Waals surface area contributed by atoms with Crippen LogP contribution in [0.5, 0.6) is 5.88 Å². The molecule has 0 saturated heterocycles. The van der Waals surface area contributed by atoms with Crippen molar-refractivity contribution in [3.63, 3.8) is 0 Å². The third-order valence-corrected chi connectivity index (χ3v) is 2.33. The first-order valence-electron chi connectivity index (χ1n) is 4.17. The van der Waals surface area contributed by atoms with E-state index in [9.17, 15) is 0 Å². The second-order valence-electron chi connectivity index (χ2n) is 3.06. The van der Waals surface area contributed by atoms with Crippen LogP contribution in [0.3, 0.4) is 0 Å². The standard InChI is InChI=1S/C9H10ClN3O/c1-5-8-6(13(2)12-5)4-7(10)11-9(8)14-3/h4H,1-3H3. The first kappa shape index (κ1) is 9.27. The maximum Gasteiger partial charge on any atom is 0.226 e. The lowest BCUT2D eigenvalue weighted by atomic mass is 10.2. The third-order valence-electron chi connectivity index (χ3n) is 2.14. The number of aromatic nitrogens is 3. The zero-order valence-electron chi connectivity index (χ0n) is 8.21. The number of halogens is 1. The van der Waals surface area contributed by atoms with Crippen LogP contribution in [-0.2, 0) is 7.05 Å². The van der Waals surface area contributed by atoms with E-state index in [0.29, 0.717) is 11.0 Å². The molecule has 0 aliphatic carbocycles. The number of methoxy groups -OCH3 is 1. The molecule has 0 N–H and O–H groups in total. The lowest BCUT2D eigenvalue weighted by Gasteiger charge is -2.01. The molecule has 0 fully saturated rings. The Morgan fingerprint density at radius 3 is 2.86 bits per heavy atom. The van der Waals surface area contributed by atoms with Crippen molar-refractivity contribution in [3.8, 4) is 5.88 Å². The molecule has 74 valence electrons. The Hall–Kier alpha value is -1.29. The maximum absolute atomic E-state index is 5.85. The molecule has 2 aromatic heterocycles. The van der Waals surface area contributed by atoms with Crippen LogP contribution in [0.25, 0.3) is 10.9 Å². The molecular weight excluding hydrogens is 202 g/mol. The van der Waals surface area contributed by atoms with E-state index in [0.717, 1.165) is 16.6 Å². The van der Waals surface area contributed by atoms with Crippen LogP contribution < -0.4 is 4.74 Å². The SMILES string of the molecule is COc1nc(Cl)cc2c1c(C)nn2C. The normalized spacial score (nSPS) is 10.9. The molecule has 0 spiro atoms. The summed E-state index contributed by atoms with van der Waals surface area (Å²) >= 11 is 5.85. The van der Waals surface area contributed by atoms with Gasteiger partial charge in [-0.3, -0.25) is 4.68 Å². The van der Waals surface area contributed by atoms with Gasteiger partial charge in [0.15, 0.2) is 0 Å². The van der Waals surface area contributed by atoms with Gasteiger partial charge in [-0.25, -0.2) is 4.98 Å². The van der Waals surface area contributed by atoms with E-state index in [1.807, 2.05) is 14.0 Å². The van der Waals surface area contributed by atoms with Crippen molar-refractivity contribution in [2.45, 2.75) is 6.92 Å². The second-order valence-corrected chi connectivity index (χ2v) is 3.44. The number of pyridine rings is 1. The number of fused-ring (bicyclic) bond motifs is 1. The smallest absolute Gasteiger partial charge is 0.226 e. The number of aryl methyl sites for hydroxylation is 2. The fourth-order valence-corrected chi connectivity index (χ4v) is 1.73. The first-order valence-corrected chi connectivity index (χ1v) is 4.55. The molecule has 0 bridgehead atoms. The zero-order chi connectivity index (χ0) is 10.3. The van der Waals surface area contributed by atoms with Crippen LogP contribution in [0, 0.1) is 6.92 Å². The summed E-state index contributed by atoms with van der Waals surface area (Å²) < 4.78 is 6.92. The molecule has 0 amide bonds. The Kier molecular flexibility index (Phi) is 2.07. The van der Waals surface area contributed by atoms with Gasteiger partial charge in [0.2, 0.25) is 5.88 Å². The maximum atomic E-state index is 5.85. The topological polar surface area (TPSA) is 39.9 Å². The molecule has 2 rings (SSSR count). The van der Waals surface area contributed by atoms with Gasteiger partial charge in [-0.15, -0.1) is 0 Å². The summed E-state index contributed by atoms with van der Waals surface area (Å²) in [6.45, 7) is 1.92. The number of rotatable bonds is 1. The number of hydrogen-bond donors (Lipinski definition) is 0. The Balaban J connectivity index is 2.90. The fourth-order valence-electron chi connectivity index (χ4n) is 1.55. The van der Waals surface area contributed by atoms with Crippen LogP contribution in [0.2, 0.25) is 5.15 Å². The van der Waals surface area contributed by atoms with E-state index in [4.69, 9.17) is 16.3 Å². The van der Waals surface area contributed by atoms with Gasteiger partial charge < -0.3 is 4.74 Å². The summed E-state index contributed by atoms with van der Waals surface area (Å²) in [6.07, 6.45) is 0. The van der Waals surface area contributed by atoms with Gasteiger partial charge in [-0.1, -0.05) is 11.6 Å². The lowest BCUT2D eigenvalue weighted by Crippen LogP contribution is -1.91. The van der Waals surface area contributed by atoms with Crippen molar-refractivity contribution in [1.82, 2.24) is 14.8 Å². The Morgan fingerprint density at radius 2 is 2.21 bits per heavy atom. The number of hydrogen-bond acceptors (Lipinski definition) is 3. The highest BCUT2D eigenvalue weighted by molar-refractivity contribution is 6.30. The molecule has 2 aromatic rings. The van der Waals surface area contributed by atoms with Crippen LogP contribution in [0.4, 0.5) is 0 Å². The Bertz CT molecular complexity index is 492. The summed E-state index contributed by atoms with van der Waals surface area (Å²) in [6, 6.07) is 1.78. The van der Waals surface area contributed by atoms with Crippen LogP contribution in [0.15, 0.2) is 6.07 Å². The van der Waals surface area contributed by atoms with E-state index in [1.165, 1.54) is 0 Å². The van der Waals surface area contributed by atoms with E-state index in [1.54, 1.807) is 17.9 Å². The summed E-state index contributed by atoms with van der Waals surface area (Å²) in [5, 5.41) is 5.61. The van der Waals surface area contributed by atoms with Crippen LogP contribution >= 0.6 is 11.6 Å². The Morgan fingerprint density at radius 1 is 1.50 bits per heavy atom. The van der Waals surface area contributed by atoms with Gasteiger partial charge in [0.1, 0.15) is 5.15 Å². The van der Waals surface area contributed by atoms with Crippen LogP contribution in [0.1, 0.15) is 5.69 Å². The fraction of sp³-hybridized carbons (Fsp3) is 0.333. The molecule has 14 heavy (non-hydrogen) atoms. The largest absolute Gasteiger partial charge is 0.480 e. The van der Waals surface area contributed by atoms with Gasteiger partial charge in [0.05, 0.1) is 23.7 Å². The van der Waals surface area contributed by atoms with Gasteiger partial charge >= 0.3 is 0 Å². The van der Waals surface area contributed by atoms with E-state index < -0.39 is 0 Å². The average molecular weight is 212 g/mol. The highest BCUT2D eigenvalue weighted by Gasteiger charge is 2.12. The predicted octanol–water partition coefficient (Wildman–Crippen LogP) is 1.94. The van der Waals surface area contributed by atoms with Gasteiger partial charge in [-0.05, 0) is 6.92 Å². The van der Waals surface area contributed by atoms with Crippen molar-refractivity contribution in [2.24, 2.45) is 7.05 Å². The quantitative estimate of drug-likeness (QED) is 0.677.